The minimum atomic E-state index is 0.0128. The van der Waals surface area contributed by atoms with Gasteiger partial charge in [0.25, 0.3) is 0 Å². The second kappa shape index (κ2) is 7.96. The van der Waals surface area contributed by atoms with E-state index in [-0.39, 0.29) is 12.0 Å². The minimum absolute atomic E-state index is 0.0128. The number of nitrogens with zero attached hydrogens (tertiary/aromatic N) is 4. The number of hydrogen-bond donors (Lipinski definition) is 0. The maximum atomic E-state index is 12.1. The third kappa shape index (κ3) is 4.58. The van der Waals surface area contributed by atoms with Crippen molar-refractivity contribution in [3.63, 3.8) is 0 Å². The Hall–Kier alpha value is -1.85. The van der Waals surface area contributed by atoms with E-state index in [1.807, 2.05) is 36.0 Å². The van der Waals surface area contributed by atoms with Crippen LogP contribution in [0.2, 0.25) is 0 Å². The number of carbonyl (C=O) groups is 1. The predicted octanol–water partition coefficient (Wildman–Crippen LogP) is 2.10. The molecule has 1 amide bonds. The Labute approximate surface area is 132 Å². The molecule has 1 aromatic heterocycles. The van der Waals surface area contributed by atoms with Crippen LogP contribution in [0.5, 0.6) is 5.88 Å². The maximum absolute atomic E-state index is 12.1. The third-order valence-corrected chi connectivity index (χ3v) is 3.85. The molecule has 1 unspecified atom stereocenters. The van der Waals surface area contributed by atoms with Gasteiger partial charge in [0.1, 0.15) is 6.10 Å². The normalized spacial score (nSPS) is 18.1. The molecule has 0 aliphatic carbocycles. The molecular formula is C16H26N4O2. The highest BCUT2D eigenvalue weighted by Crippen LogP contribution is 2.18. The highest BCUT2D eigenvalue weighted by molar-refractivity contribution is 5.76. The van der Waals surface area contributed by atoms with Gasteiger partial charge in [-0.15, -0.1) is 10.2 Å². The van der Waals surface area contributed by atoms with E-state index in [4.69, 9.17) is 4.74 Å². The Morgan fingerprint density at radius 1 is 1.41 bits per heavy atom. The highest BCUT2D eigenvalue weighted by Gasteiger charge is 2.24. The average molecular weight is 306 g/mol. The molecule has 0 saturated carbocycles. The second-order valence-electron chi connectivity index (χ2n) is 5.95. The van der Waals surface area contributed by atoms with Crippen LogP contribution in [-0.4, -0.2) is 54.3 Å². The van der Waals surface area contributed by atoms with Crippen LogP contribution in [0, 0.1) is 0 Å². The van der Waals surface area contributed by atoms with Gasteiger partial charge in [-0.1, -0.05) is 13.3 Å². The van der Waals surface area contributed by atoms with Crippen molar-refractivity contribution in [2.45, 2.75) is 45.1 Å². The van der Waals surface area contributed by atoms with Crippen molar-refractivity contribution in [2.24, 2.45) is 0 Å². The average Bonchev–Trinajstić information content (AvgIpc) is 2.53. The third-order valence-electron chi connectivity index (χ3n) is 3.85. The van der Waals surface area contributed by atoms with Crippen LogP contribution >= 0.6 is 0 Å². The molecule has 1 aliphatic rings. The number of anilines is 1. The molecule has 0 radical (unpaired) electrons. The van der Waals surface area contributed by atoms with Crippen molar-refractivity contribution in [1.82, 2.24) is 15.1 Å². The smallest absolute Gasteiger partial charge is 0.233 e. The fourth-order valence-electron chi connectivity index (χ4n) is 2.53. The van der Waals surface area contributed by atoms with Crippen LogP contribution in [0.25, 0.3) is 0 Å². The number of rotatable bonds is 6. The molecule has 0 N–H and O–H groups in total. The number of ether oxygens (including phenoxy) is 1. The van der Waals surface area contributed by atoms with Crippen LogP contribution in [0.1, 0.15) is 39.0 Å². The highest BCUT2D eigenvalue weighted by atomic mass is 16.5. The molecule has 0 spiro atoms. The van der Waals surface area contributed by atoms with Gasteiger partial charge in [0.05, 0.1) is 6.54 Å². The Bertz CT molecular complexity index is 476. The van der Waals surface area contributed by atoms with Gasteiger partial charge in [0.15, 0.2) is 5.82 Å². The summed E-state index contributed by atoms with van der Waals surface area (Å²) in [5, 5.41) is 8.20. The van der Waals surface area contributed by atoms with Crippen molar-refractivity contribution in [2.75, 3.05) is 32.1 Å². The van der Waals surface area contributed by atoms with Gasteiger partial charge in [-0.05, 0) is 25.3 Å². The molecule has 1 atom stereocenters. The van der Waals surface area contributed by atoms with Crippen LogP contribution in [0.15, 0.2) is 12.1 Å². The molecule has 22 heavy (non-hydrogen) atoms. The molecular weight excluding hydrogens is 280 g/mol. The van der Waals surface area contributed by atoms with Gasteiger partial charge in [-0.2, -0.15) is 0 Å². The predicted molar refractivity (Wildman–Crippen MR) is 86.1 cm³/mol. The molecule has 2 rings (SSSR count). The van der Waals surface area contributed by atoms with Gasteiger partial charge in [0, 0.05) is 33.1 Å². The summed E-state index contributed by atoms with van der Waals surface area (Å²) in [4.78, 5) is 15.9. The summed E-state index contributed by atoms with van der Waals surface area (Å²) in [6, 6.07) is 3.72. The van der Waals surface area contributed by atoms with E-state index in [1.165, 1.54) is 0 Å². The zero-order valence-electron chi connectivity index (χ0n) is 13.8. The number of amides is 1. The molecule has 0 aromatic carbocycles. The SMILES string of the molecule is CCCCC(=O)N1CCCC(Oc2ccc(N(C)C)nn2)C1. The van der Waals surface area contributed by atoms with E-state index in [9.17, 15) is 4.79 Å². The number of hydrogen-bond acceptors (Lipinski definition) is 5. The number of likely N-dealkylation sites (tertiary alicyclic amines) is 1. The summed E-state index contributed by atoms with van der Waals surface area (Å²) in [5.74, 6) is 1.56. The molecule has 1 fully saturated rings. The van der Waals surface area contributed by atoms with Crippen LogP contribution < -0.4 is 9.64 Å². The van der Waals surface area contributed by atoms with Crippen LogP contribution in [0.4, 0.5) is 5.82 Å². The zero-order valence-corrected chi connectivity index (χ0v) is 13.8. The molecule has 6 heteroatoms. The lowest BCUT2D eigenvalue weighted by atomic mass is 10.1. The lowest BCUT2D eigenvalue weighted by Gasteiger charge is -2.32. The Morgan fingerprint density at radius 3 is 2.86 bits per heavy atom. The summed E-state index contributed by atoms with van der Waals surface area (Å²) in [5.41, 5.74) is 0. The summed E-state index contributed by atoms with van der Waals surface area (Å²) in [6.07, 6.45) is 4.59. The number of carbonyl (C=O) groups excluding carboxylic acids is 1. The van der Waals surface area contributed by atoms with Crippen molar-refractivity contribution in [3.05, 3.63) is 12.1 Å². The number of piperidine rings is 1. The first kappa shape index (κ1) is 16.5. The zero-order chi connectivity index (χ0) is 15.9. The Kier molecular flexibility index (Phi) is 5.98. The number of unbranched alkanes of at least 4 members (excludes halogenated alkanes) is 1. The molecule has 122 valence electrons. The van der Waals surface area contributed by atoms with Gasteiger partial charge in [-0.25, -0.2) is 0 Å². The van der Waals surface area contributed by atoms with E-state index < -0.39 is 0 Å². The first-order valence-corrected chi connectivity index (χ1v) is 8.05. The molecule has 2 heterocycles. The summed E-state index contributed by atoms with van der Waals surface area (Å²) in [7, 11) is 3.84. The van der Waals surface area contributed by atoms with E-state index in [2.05, 4.69) is 17.1 Å². The quantitative estimate of drug-likeness (QED) is 0.805. The summed E-state index contributed by atoms with van der Waals surface area (Å²) >= 11 is 0. The van der Waals surface area contributed by atoms with Gasteiger partial charge < -0.3 is 14.5 Å². The van der Waals surface area contributed by atoms with Crippen molar-refractivity contribution in [3.8, 4) is 5.88 Å². The van der Waals surface area contributed by atoms with Crippen molar-refractivity contribution < 1.29 is 9.53 Å². The minimum Gasteiger partial charge on any atom is -0.471 e. The van der Waals surface area contributed by atoms with E-state index in [1.54, 1.807) is 0 Å². The van der Waals surface area contributed by atoms with E-state index in [0.717, 1.165) is 38.0 Å². The van der Waals surface area contributed by atoms with Crippen molar-refractivity contribution in [1.29, 1.82) is 0 Å². The lowest BCUT2D eigenvalue weighted by Crippen LogP contribution is -2.44. The standard InChI is InChI=1S/C16H26N4O2/c1-4-5-8-16(21)20-11-6-7-13(12-20)22-15-10-9-14(17-18-15)19(2)3/h9-10,13H,4-8,11-12H2,1-3H3. The van der Waals surface area contributed by atoms with E-state index in [0.29, 0.717) is 18.8 Å². The van der Waals surface area contributed by atoms with Gasteiger partial charge in [-0.3, -0.25) is 4.79 Å². The molecule has 1 saturated heterocycles. The number of aromatic nitrogens is 2. The first-order valence-electron chi connectivity index (χ1n) is 8.05. The lowest BCUT2D eigenvalue weighted by molar-refractivity contribution is -0.134. The van der Waals surface area contributed by atoms with Crippen molar-refractivity contribution >= 4 is 11.7 Å². The maximum Gasteiger partial charge on any atom is 0.233 e. The summed E-state index contributed by atoms with van der Waals surface area (Å²) < 4.78 is 5.89. The fourth-order valence-corrected chi connectivity index (χ4v) is 2.53. The molecule has 0 bridgehead atoms. The fraction of sp³-hybridized carbons (Fsp3) is 0.688. The summed E-state index contributed by atoms with van der Waals surface area (Å²) in [6.45, 7) is 3.60. The van der Waals surface area contributed by atoms with Crippen LogP contribution in [-0.2, 0) is 4.79 Å². The largest absolute Gasteiger partial charge is 0.471 e. The first-order chi connectivity index (χ1) is 10.6. The van der Waals surface area contributed by atoms with Gasteiger partial charge in [0.2, 0.25) is 11.8 Å². The van der Waals surface area contributed by atoms with Crippen LogP contribution in [0.3, 0.4) is 0 Å². The molecule has 1 aromatic rings. The Balaban J connectivity index is 1.88. The topological polar surface area (TPSA) is 58.6 Å². The molecule has 1 aliphatic heterocycles. The second-order valence-corrected chi connectivity index (χ2v) is 5.95. The molecule has 6 nitrogen and oxygen atoms in total. The Morgan fingerprint density at radius 2 is 2.23 bits per heavy atom. The monoisotopic (exact) mass is 306 g/mol. The van der Waals surface area contributed by atoms with E-state index >= 15 is 0 Å². The van der Waals surface area contributed by atoms with Gasteiger partial charge >= 0.3 is 0 Å².